The summed E-state index contributed by atoms with van der Waals surface area (Å²) in [6, 6.07) is 5.10. The molecule has 0 radical (unpaired) electrons. The van der Waals surface area contributed by atoms with E-state index >= 15 is 0 Å². The Morgan fingerprint density at radius 1 is 0.895 bits per heavy atom. The summed E-state index contributed by atoms with van der Waals surface area (Å²) < 4.78 is 0. The van der Waals surface area contributed by atoms with Gasteiger partial charge < -0.3 is 25.1 Å². The maximum atomic E-state index is 11.7. The van der Waals surface area contributed by atoms with Crippen LogP contribution in [0.3, 0.4) is 0 Å². The van der Waals surface area contributed by atoms with Crippen molar-refractivity contribution in [1.29, 1.82) is 0 Å². The number of hydrogen-bond donors (Lipinski definition) is 1. The van der Waals surface area contributed by atoms with Crippen LogP contribution in [0.2, 0.25) is 0 Å². The third-order valence-corrected chi connectivity index (χ3v) is 3.09. The van der Waals surface area contributed by atoms with Crippen molar-refractivity contribution < 1.29 is 24.6 Å². The number of benzene rings is 2. The number of amides is 1. The van der Waals surface area contributed by atoms with E-state index in [2.05, 4.69) is 5.32 Å². The van der Waals surface area contributed by atoms with E-state index in [4.69, 9.17) is 0 Å². The SMILES string of the molecule is O=C1Nc2ccc(C(=O)[O-])c3c(C(=O)[O-])ccc1c23. The summed E-state index contributed by atoms with van der Waals surface area (Å²) in [6.07, 6.45) is 0. The molecular weight excluding hydrogens is 250 g/mol. The van der Waals surface area contributed by atoms with Gasteiger partial charge >= 0.3 is 0 Å². The maximum absolute atomic E-state index is 11.7. The van der Waals surface area contributed by atoms with E-state index in [0.717, 1.165) is 6.07 Å². The second kappa shape index (κ2) is 3.55. The number of carboxylic acids is 2. The Morgan fingerprint density at radius 3 is 2.05 bits per heavy atom. The van der Waals surface area contributed by atoms with Crippen LogP contribution in [-0.4, -0.2) is 17.8 Å². The van der Waals surface area contributed by atoms with E-state index in [0.29, 0.717) is 5.69 Å². The van der Waals surface area contributed by atoms with Gasteiger partial charge in [-0.15, -0.1) is 0 Å². The summed E-state index contributed by atoms with van der Waals surface area (Å²) in [4.78, 5) is 33.8. The van der Waals surface area contributed by atoms with Crippen molar-refractivity contribution in [3.05, 3.63) is 41.0 Å². The highest BCUT2D eigenvalue weighted by Gasteiger charge is 2.24. The Balaban J connectivity index is 2.56. The Kier molecular flexibility index (Phi) is 2.10. The number of hydrogen-bond acceptors (Lipinski definition) is 5. The molecule has 1 amide bonds. The van der Waals surface area contributed by atoms with Crippen molar-refractivity contribution in [2.24, 2.45) is 0 Å². The van der Waals surface area contributed by atoms with E-state index in [1.807, 2.05) is 0 Å². The predicted octanol–water partition coefficient (Wildman–Crippen LogP) is -0.867. The molecular formula is C13H5NO5-2. The molecule has 6 nitrogen and oxygen atoms in total. The summed E-state index contributed by atoms with van der Waals surface area (Å²) in [7, 11) is 0. The van der Waals surface area contributed by atoms with Gasteiger partial charge in [0.05, 0.1) is 11.9 Å². The van der Waals surface area contributed by atoms with E-state index < -0.39 is 17.8 Å². The van der Waals surface area contributed by atoms with Crippen molar-refractivity contribution in [3.63, 3.8) is 0 Å². The van der Waals surface area contributed by atoms with E-state index in [9.17, 15) is 24.6 Å². The van der Waals surface area contributed by atoms with E-state index in [1.54, 1.807) is 0 Å². The number of carbonyl (C=O) groups excluding carboxylic acids is 3. The second-order valence-electron chi connectivity index (χ2n) is 4.10. The predicted molar refractivity (Wildman–Crippen MR) is 60.6 cm³/mol. The lowest BCUT2D eigenvalue weighted by Gasteiger charge is -2.13. The van der Waals surface area contributed by atoms with Crippen LogP contribution in [0.15, 0.2) is 24.3 Å². The number of carbonyl (C=O) groups is 3. The zero-order chi connectivity index (χ0) is 13.7. The molecule has 0 aromatic heterocycles. The van der Waals surface area contributed by atoms with Crippen LogP contribution in [0.25, 0.3) is 10.8 Å². The highest BCUT2D eigenvalue weighted by molar-refractivity contribution is 6.28. The molecule has 0 aliphatic carbocycles. The molecule has 2 aromatic carbocycles. The Hall–Kier alpha value is -2.89. The molecule has 1 heterocycles. The normalized spacial score (nSPS) is 12.5. The smallest absolute Gasteiger partial charge is 0.256 e. The van der Waals surface area contributed by atoms with Crippen LogP contribution >= 0.6 is 0 Å². The Morgan fingerprint density at radius 2 is 1.47 bits per heavy atom. The van der Waals surface area contributed by atoms with Crippen LogP contribution in [0.4, 0.5) is 5.69 Å². The van der Waals surface area contributed by atoms with Crippen molar-refractivity contribution >= 4 is 34.3 Å². The number of carboxylic acid groups (broad SMARTS) is 2. The number of anilines is 1. The molecule has 1 aliphatic heterocycles. The molecule has 3 rings (SSSR count). The van der Waals surface area contributed by atoms with Crippen molar-refractivity contribution in [1.82, 2.24) is 0 Å². The third kappa shape index (κ3) is 1.40. The average molecular weight is 255 g/mol. The molecule has 0 atom stereocenters. The van der Waals surface area contributed by atoms with Crippen molar-refractivity contribution in [3.8, 4) is 0 Å². The highest BCUT2D eigenvalue weighted by Crippen LogP contribution is 2.36. The molecule has 0 spiro atoms. The van der Waals surface area contributed by atoms with Gasteiger partial charge in [0.25, 0.3) is 5.91 Å². The lowest BCUT2D eigenvalue weighted by Crippen LogP contribution is -2.26. The van der Waals surface area contributed by atoms with Gasteiger partial charge in [0, 0.05) is 33.2 Å². The number of nitrogens with one attached hydrogen (secondary N) is 1. The molecule has 0 fully saturated rings. The standard InChI is InChI=1S/C13H7NO5/c15-11-5-1-2-6(12(16)17)9-7(13(18)19)3-4-8(14-11)10(5)9/h1-4H,(H,14,15)(H,16,17)(H,18,19)/p-2. The van der Waals surface area contributed by atoms with Crippen LogP contribution in [0.1, 0.15) is 31.1 Å². The fourth-order valence-corrected chi connectivity index (χ4v) is 2.32. The first-order valence-electron chi connectivity index (χ1n) is 5.34. The highest BCUT2D eigenvalue weighted by atomic mass is 16.4. The first-order valence-corrected chi connectivity index (χ1v) is 5.34. The minimum atomic E-state index is -1.51. The van der Waals surface area contributed by atoms with Gasteiger partial charge in [0.15, 0.2) is 0 Å². The molecule has 1 N–H and O–H groups in total. The molecule has 0 unspecified atom stereocenters. The van der Waals surface area contributed by atoms with Crippen LogP contribution in [0.5, 0.6) is 0 Å². The summed E-state index contributed by atoms with van der Waals surface area (Å²) >= 11 is 0. The van der Waals surface area contributed by atoms with Crippen molar-refractivity contribution in [2.45, 2.75) is 0 Å². The van der Waals surface area contributed by atoms with Gasteiger partial charge in [-0.3, -0.25) is 4.79 Å². The quantitative estimate of drug-likeness (QED) is 0.750. The summed E-state index contributed by atoms with van der Waals surface area (Å²) in [5, 5.41) is 24.9. The van der Waals surface area contributed by atoms with Gasteiger partial charge in [-0.05, 0) is 12.1 Å². The van der Waals surface area contributed by atoms with Gasteiger partial charge in [-0.1, -0.05) is 12.1 Å². The van der Waals surface area contributed by atoms with Gasteiger partial charge in [-0.2, -0.15) is 0 Å². The molecule has 6 heteroatoms. The number of aromatic carboxylic acids is 2. The zero-order valence-corrected chi connectivity index (χ0v) is 9.35. The fourth-order valence-electron chi connectivity index (χ4n) is 2.32. The largest absolute Gasteiger partial charge is 0.545 e. The Bertz CT molecular complexity index is 758. The zero-order valence-electron chi connectivity index (χ0n) is 9.35. The summed E-state index contributed by atoms with van der Waals surface area (Å²) in [5.41, 5.74) is 0.0498. The molecule has 1 aliphatic rings. The average Bonchev–Trinajstić information content (AvgIpc) is 2.67. The maximum Gasteiger partial charge on any atom is 0.256 e. The first kappa shape index (κ1) is 11.2. The topological polar surface area (TPSA) is 109 Å². The first-order chi connectivity index (χ1) is 9.00. The molecule has 94 valence electrons. The molecule has 0 bridgehead atoms. The molecule has 0 saturated heterocycles. The van der Waals surface area contributed by atoms with Gasteiger partial charge in [0.1, 0.15) is 0 Å². The minimum Gasteiger partial charge on any atom is -0.545 e. The van der Waals surface area contributed by atoms with Crippen LogP contribution in [0, 0.1) is 0 Å². The lowest BCUT2D eigenvalue weighted by atomic mass is 9.95. The van der Waals surface area contributed by atoms with E-state index in [-0.39, 0.29) is 27.5 Å². The van der Waals surface area contributed by atoms with Gasteiger partial charge in [-0.25, -0.2) is 0 Å². The van der Waals surface area contributed by atoms with Crippen LogP contribution in [-0.2, 0) is 0 Å². The minimum absolute atomic E-state index is 0.0478. The third-order valence-electron chi connectivity index (χ3n) is 3.09. The summed E-state index contributed by atoms with van der Waals surface area (Å²) in [6.45, 7) is 0. The van der Waals surface area contributed by atoms with Gasteiger partial charge in [0.2, 0.25) is 0 Å². The monoisotopic (exact) mass is 255 g/mol. The van der Waals surface area contributed by atoms with E-state index in [1.165, 1.54) is 18.2 Å². The van der Waals surface area contributed by atoms with Crippen LogP contribution < -0.4 is 15.5 Å². The molecule has 19 heavy (non-hydrogen) atoms. The van der Waals surface area contributed by atoms with Crippen molar-refractivity contribution in [2.75, 3.05) is 5.32 Å². The number of rotatable bonds is 2. The fraction of sp³-hybridized carbons (Fsp3) is 0. The molecule has 0 saturated carbocycles. The Labute approximate surface area is 106 Å². The molecule has 2 aromatic rings. The lowest BCUT2D eigenvalue weighted by molar-refractivity contribution is -0.255. The summed E-state index contributed by atoms with van der Waals surface area (Å²) in [5.74, 6) is -3.42. The second-order valence-corrected chi connectivity index (χ2v) is 4.10.